The van der Waals surface area contributed by atoms with Gasteiger partial charge in [0, 0.05) is 94.7 Å². The number of nitrogens with two attached hydrogens (primary N) is 1. The zero-order valence-electron chi connectivity index (χ0n) is 34.5. The van der Waals surface area contributed by atoms with Crippen molar-refractivity contribution in [2.45, 2.75) is 56.7 Å². The van der Waals surface area contributed by atoms with Gasteiger partial charge < -0.3 is 30.4 Å². The van der Waals surface area contributed by atoms with Crippen molar-refractivity contribution in [3.63, 3.8) is 0 Å². The van der Waals surface area contributed by atoms with Crippen LogP contribution in [0.1, 0.15) is 64.8 Å². The summed E-state index contributed by atoms with van der Waals surface area (Å²) >= 11 is 0. The Labute approximate surface area is 359 Å². The number of hydrogen-bond acceptors (Lipinski definition) is 13. The van der Waals surface area contributed by atoms with Gasteiger partial charge in [0.1, 0.15) is 11.8 Å². The summed E-state index contributed by atoms with van der Waals surface area (Å²) in [6, 6.07) is 22.1. The lowest BCUT2D eigenvalue weighted by molar-refractivity contribution is -0.138. The molecule has 0 bridgehead atoms. The van der Waals surface area contributed by atoms with E-state index in [0.29, 0.717) is 56.1 Å². The van der Waals surface area contributed by atoms with Crippen molar-refractivity contribution in [2.24, 2.45) is 5.92 Å². The third kappa shape index (κ3) is 7.25. The molecule has 16 heteroatoms. The molecule has 4 saturated heterocycles. The highest BCUT2D eigenvalue weighted by Crippen LogP contribution is 2.48. The summed E-state index contributed by atoms with van der Waals surface area (Å²) in [7, 11) is 0. The number of aromatic nitrogens is 2. The lowest BCUT2D eigenvalue weighted by atomic mass is 9.94. The van der Waals surface area contributed by atoms with E-state index in [1.807, 2.05) is 29.2 Å². The number of carbonyl (C=O) groups excluding carboxylic acids is 5. The first-order valence-electron chi connectivity index (χ1n) is 21.7. The van der Waals surface area contributed by atoms with Gasteiger partial charge in [0.2, 0.25) is 17.7 Å². The minimum atomic E-state index is -1.00. The van der Waals surface area contributed by atoms with E-state index in [2.05, 4.69) is 59.4 Å². The molecule has 1 spiro atoms. The number of nitrogens with zero attached hydrogens (tertiary/aromatic N) is 8. The van der Waals surface area contributed by atoms with Gasteiger partial charge in [0.05, 0.1) is 28.0 Å². The summed E-state index contributed by atoms with van der Waals surface area (Å²) in [6.07, 6.45) is 3.77. The molecule has 4 N–H and O–H groups in total. The predicted octanol–water partition coefficient (Wildman–Crippen LogP) is 3.25. The van der Waals surface area contributed by atoms with Crippen LogP contribution in [0, 0.1) is 5.92 Å². The first kappa shape index (κ1) is 39.6. The largest absolute Gasteiger partial charge is 0.507 e. The van der Waals surface area contributed by atoms with Crippen LogP contribution < -0.4 is 25.8 Å². The van der Waals surface area contributed by atoms with Crippen LogP contribution in [0.5, 0.6) is 5.75 Å². The Morgan fingerprint density at radius 3 is 2.29 bits per heavy atom. The van der Waals surface area contributed by atoms with Crippen molar-refractivity contribution >= 4 is 52.4 Å². The Hall–Kier alpha value is -6.55. The summed E-state index contributed by atoms with van der Waals surface area (Å²) in [6.45, 7) is 7.55. The molecule has 5 amide bonds. The number of benzene rings is 3. The third-order valence-corrected chi connectivity index (χ3v) is 13.7. The average Bonchev–Trinajstić information content (AvgIpc) is 4.00. The van der Waals surface area contributed by atoms with Crippen LogP contribution in [0.3, 0.4) is 0 Å². The number of phenols is 1. The lowest BCUT2D eigenvalue weighted by Crippen LogP contribution is -2.55. The summed E-state index contributed by atoms with van der Waals surface area (Å²) in [5, 5.41) is 21.2. The standard InChI is InChI=1S/C46H50N10O6/c47-41-38(26-36(49-50-41)34-6-1-2-7-39(34)57)54-22-23-55(46(28-54)14-15-46)32-5-3-4-29(24-32)27-51-18-20-53(21-19-51)43(60)30-12-16-52(17-13-30)31-8-9-33-35(25-31)45(62)56(44(33)61)37-10-11-40(58)48-42(37)59/h1-9,24-26,30,37,57H,10-23,27-28H2,(H2,47,50)(H,48,58,59). The number of imide groups is 2. The molecule has 62 heavy (non-hydrogen) atoms. The van der Waals surface area contributed by atoms with Crippen molar-refractivity contribution in [1.82, 2.24) is 30.2 Å². The van der Waals surface area contributed by atoms with E-state index < -0.39 is 29.7 Å². The monoisotopic (exact) mass is 838 g/mol. The van der Waals surface area contributed by atoms with E-state index in [1.165, 1.54) is 11.3 Å². The molecule has 1 aromatic heterocycles. The normalized spacial score (nSPS) is 21.7. The van der Waals surface area contributed by atoms with Gasteiger partial charge in [0.15, 0.2) is 5.82 Å². The molecule has 16 nitrogen and oxygen atoms in total. The Balaban J connectivity index is 0.713. The number of rotatable bonds is 8. The van der Waals surface area contributed by atoms with Crippen LogP contribution in [-0.4, -0.2) is 130 Å². The number of piperazine rings is 2. The number of nitrogen functional groups attached to an aromatic ring is 1. The zero-order valence-corrected chi connectivity index (χ0v) is 34.5. The van der Waals surface area contributed by atoms with Gasteiger partial charge >= 0.3 is 0 Å². The maximum absolute atomic E-state index is 13.8. The molecule has 5 aliphatic heterocycles. The Morgan fingerprint density at radius 2 is 1.53 bits per heavy atom. The van der Waals surface area contributed by atoms with Crippen LogP contribution in [0.2, 0.25) is 0 Å². The summed E-state index contributed by atoms with van der Waals surface area (Å²) in [5.41, 5.74) is 12.3. The SMILES string of the molecule is Nc1nnc(-c2ccccc2O)cc1N1CCN(c2cccc(CN3CCN(C(=O)C4CCN(c5ccc6c(c5)C(=O)N(C5CCC(=O)NC5=O)C6=O)CC4)CC3)c2)C2(CC2)C1. The highest BCUT2D eigenvalue weighted by atomic mass is 16.3. The van der Waals surface area contributed by atoms with Gasteiger partial charge in [-0.1, -0.05) is 24.3 Å². The van der Waals surface area contributed by atoms with Gasteiger partial charge in [-0.2, -0.15) is 0 Å². The number of nitrogens with one attached hydrogen (secondary N) is 1. The van der Waals surface area contributed by atoms with Crippen molar-refractivity contribution in [2.75, 3.05) is 79.3 Å². The highest BCUT2D eigenvalue weighted by Gasteiger charge is 2.52. The van der Waals surface area contributed by atoms with Gasteiger partial charge in [-0.3, -0.25) is 39.1 Å². The summed E-state index contributed by atoms with van der Waals surface area (Å²) < 4.78 is 0. The van der Waals surface area contributed by atoms with Crippen molar-refractivity contribution in [3.05, 3.63) is 89.5 Å². The molecule has 6 aliphatic rings. The van der Waals surface area contributed by atoms with E-state index in [9.17, 15) is 29.1 Å². The van der Waals surface area contributed by atoms with Crippen LogP contribution in [-0.2, 0) is 20.9 Å². The average molecular weight is 839 g/mol. The van der Waals surface area contributed by atoms with E-state index in [-0.39, 0.29) is 47.1 Å². The second-order valence-electron chi connectivity index (χ2n) is 17.5. The Morgan fingerprint density at radius 1 is 0.758 bits per heavy atom. The fourth-order valence-corrected chi connectivity index (χ4v) is 10.1. The smallest absolute Gasteiger partial charge is 0.262 e. The van der Waals surface area contributed by atoms with Crippen LogP contribution in [0.15, 0.2) is 72.8 Å². The molecular formula is C46H50N10O6. The van der Waals surface area contributed by atoms with Crippen LogP contribution in [0.4, 0.5) is 22.9 Å². The number of piperidine rings is 2. The van der Waals surface area contributed by atoms with Crippen molar-refractivity contribution in [3.8, 4) is 17.0 Å². The molecule has 10 rings (SSSR count). The third-order valence-electron chi connectivity index (χ3n) is 13.7. The fraction of sp³-hybridized carbons (Fsp3) is 0.413. The number of fused-ring (bicyclic) bond motifs is 1. The Kier molecular flexibility index (Phi) is 10.0. The number of anilines is 4. The molecule has 1 unspecified atom stereocenters. The number of hydrogen-bond donors (Lipinski definition) is 3. The van der Waals surface area contributed by atoms with E-state index in [4.69, 9.17) is 5.73 Å². The first-order valence-corrected chi connectivity index (χ1v) is 21.7. The molecule has 0 radical (unpaired) electrons. The number of para-hydroxylation sites is 1. The minimum absolute atomic E-state index is 0.0195. The van der Waals surface area contributed by atoms with Gasteiger partial charge in [-0.05, 0) is 86.2 Å². The molecule has 3 aromatic carbocycles. The number of phenolic OH excluding ortho intramolecular Hbond substituents is 1. The second kappa shape index (κ2) is 15.7. The topological polar surface area (TPSA) is 189 Å². The zero-order chi connectivity index (χ0) is 42.7. The van der Waals surface area contributed by atoms with Gasteiger partial charge in [0.25, 0.3) is 11.8 Å². The van der Waals surface area contributed by atoms with E-state index in [1.54, 1.807) is 24.3 Å². The van der Waals surface area contributed by atoms with E-state index in [0.717, 1.165) is 68.4 Å². The molecule has 6 heterocycles. The first-order chi connectivity index (χ1) is 30.0. The lowest BCUT2D eigenvalue weighted by Gasteiger charge is -2.45. The summed E-state index contributed by atoms with van der Waals surface area (Å²) in [5.74, 6) is -1.40. The van der Waals surface area contributed by atoms with Crippen molar-refractivity contribution < 1.29 is 29.1 Å². The predicted molar refractivity (Wildman–Crippen MR) is 231 cm³/mol. The Bertz CT molecular complexity index is 2480. The molecule has 1 saturated carbocycles. The maximum Gasteiger partial charge on any atom is 0.262 e. The summed E-state index contributed by atoms with van der Waals surface area (Å²) in [4.78, 5) is 76.9. The molecule has 320 valence electrons. The minimum Gasteiger partial charge on any atom is -0.507 e. The van der Waals surface area contributed by atoms with E-state index >= 15 is 0 Å². The van der Waals surface area contributed by atoms with Gasteiger partial charge in [-0.15, -0.1) is 10.2 Å². The molecule has 4 aromatic rings. The molecule has 5 fully saturated rings. The quantitative estimate of drug-likeness (QED) is 0.220. The maximum atomic E-state index is 13.8. The highest BCUT2D eigenvalue weighted by molar-refractivity contribution is 6.23. The molecule has 1 aliphatic carbocycles. The number of amides is 5. The second-order valence-corrected chi connectivity index (χ2v) is 17.5. The fourth-order valence-electron chi connectivity index (χ4n) is 10.1. The van der Waals surface area contributed by atoms with Crippen LogP contribution >= 0.6 is 0 Å². The number of carbonyl (C=O) groups is 5. The van der Waals surface area contributed by atoms with Crippen LogP contribution in [0.25, 0.3) is 11.3 Å². The number of aromatic hydroxyl groups is 1. The van der Waals surface area contributed by atoms with Crippen molar-refractivity contribution in [1.29, 1.82) is 0 Å². The molecular weight excluding hydrogens is 789 g/mol. The molecule has 1 atom stereocenters. The van der Waals surface area contributed by atoms with Gasteiger partial charge in [-0.25, -0.2) is 0 Å².